The smallest absolute Gasteiger partial charge is 0.123 e. The SMILES string of the molecule is Cc1cccc(C(C#N)N2CCCC2)c1. The van der Waals surface area contributed by atoms with Gasteiger partial charge in [0.2, 0.25) is 0 Å². The average Bonchev–Trinajstić information content (AvgIpc) is 2.72. The van der Waals surface area contributed by atoms with Crippen molar-refractivity contribution in [3.8, 4) is 6.07 Å². The fourth-order valence-electron chi connectivity index (χ4n) is 2.21. The van der Waals surface area contributed by atoms with Crippen LogP contribution >= 0.6 is 0 Å². The highest BCUT2D eigenvalue weighted by Crippen LogP contribution is 2.24. The summed E-state index contributed by atoms with van der Waals surface area (Å²) in [7, 11) is 0. The molecule has 1 aliphatic rings. The number of rotatable bonds is 2. The minimum atomic E-state index is -0.0487. The molecule has 0 radical (unpaired) electrons. The molecule has 1 atom stereocenters. The van der Waals surface area contributed by atoms with E-state index >= 15 is 0 Å². The van der Waals surface area contributed by atoms with Gasteiger partial charge in [0.15, 0.2) is 0 Å². The number of aryl methyl sites for hydroxylation is 1. The highest BCUT2D eigenvalue weighted by atomic mass is 15.2. The summed E-state index contributed by atoms with van der Waals surface area (Å²) < 4.78 is 0. The molecule has 0 bridgehead atoms. The molecule has 0 spiro atoms. The van der Waals surface area contributed by atoms with Gasteiger partial charge in [-0.1, -0.05) is 29.8 Å². The van der Waals surface area contributed by atoms with E-state index in [1.165, 1.54) is 18.4 Å². The molecule has 1 aromatic rings. The van der Waals surface area contributed by atoms with Crippen molar-refractivity contribution in [1.29, 1.82) is 5.26 Å². The van der Waals surface area contributed by atoms with Crippen molar-refractivity contribution in [3.63, 3.8) is 0 Å². The van der Waals surface area contributed by atoms with Crippen LogP contribution in [0, 0.1) is 18.3 Å². The predicted molar refractivity (Wildman–Crippen MR) is 60.3 cm³/mol. The van der Waals surface area contributed by atoms with Crippen LogP contribution < -0.4 is 0 Å². The van der Waals surface area contributed by atoms with Crippen molar-refractivity contribution in [2.75, 3.05) is 13.1 Å². The topological polar surface area (TPSA) is 27.0 Å². The second kappa shape index (κ2) is 4.46. The van der Waals surface area contributed by atoms with Crippen molar-refractivity contribution in [2.24, 2.45) is 0 Å². The largest absolute Gasteiger partial charge is 0.284 e. The number of nitriles is 1. The van der Waals surface area contributed by atoms with Crippen molar-refractivity contribution in [1.82, 2.24) is 4.90 Å². The van der Waals surface area contributed by atoms with Crippen molar-refractivity contribution < 1.29 is 0 Å². The van der Waals surface area contributed by atoms with Crippen LogP contribution in [-0.2, 0) is 0 Å². The van der Waals surface area contributed by atoms with E-state index in [2.05, 4.69) is 36.1 Å². The Kier molecular flexibility index (Phi) is 3.03. The molecule has 0 aliphatic carbocycles. The third-order valence-corrected chi connectivity index (χ3v) is 2.99. The number of nitrogens with zero attached hydrogens (tertiary/aromatic N) is 2. The highest BCUT2D eigenvalue weighted by Gasteiger charge is 2.22. The molecule has 0 saturated carbocycles. The van der Waals surface area contributed by atoms with Gasteiger partial charge in [0, 0.05) is 0 Å². The lowest BCUT2D eigenvalue weighted by molar-refractivity contribution is 0.294. The normalized spacial score (nSPS) is 18.7. The van der Waals surface area contributed by atoms with Gasteiger partial charge in [0.25, 0.3) is 0 Å². The number of benzene rings is 1. The van der Waals surface area contributed by atoms with Crippen LogP contribution in [0.1, 0.15) is 30.0 Å². The summed E-state index contributed by atoms with van der Waals surface area (Å²) in [6.07, 6.45) is 2.45. The first-order valence-electron chi connectivity index (χ1n) is 5.51. The van der Waals surface area contributed by atoms with Crippen LogP contribution in [0.4, 0.5) is 0 Å². The van der Waals surface area contributed by atoms with E-state index in [-0.39, 0.29) is 6.04 Å². The molecule has 1 fully saturated rings. The Morgan fingerprint density at radius 2 is 2.07 bits per heavy atom. The van der Waals surface area contributed by atoms with E-state index in [1.54, 1.807) is 0 Å². The quantitative estimate of drug-likeness (QED) is 0.733. The number of hydrogen-bond acceptors (Lipinski definition) is 2. The highest BCUT2D eigenvalue weighted by molar-refractivity contribution is 5.28. The maximum Gasteiger partial charge on any atom is 0.123 e. The fourth-order valence-corrected chi connectivity index (χ4v) is 2.21. The lowest BCUT2D eigenvalue weighted by Crippen LogP contribution is -2.24. The molecule has 1 aromatic carbocycles. The molecule has 1 saturated heterocycles. The first-order chi connectivity index (χ1) is 7.31. The standard InChI is InChI=1S/C13H16N2/c1-11-5-4-6-12(9-11)13(10-14)15-7-2-3-8-15/h4-6,9,13H,2-3,7-8H2,1H3. The van der Waals surface area contributed by atoms with Gasteiger partial charge in [-0.3, -0.25) is 4.90 Å². The summed E-state index contributed by atoms with van der Waals surface area (Å²) in [6, 6.07) is 10.6. The van der Waals surface area contributed by atoms with E-state index in [4.69, 9.17) is 0 Å². The zero-order valence-electron chi connectivity index (χ0n) is 9.11. The summed E-state index contributed by atoms with van der Waals surface area (Å²) in [5.74, 6) is 0. The Labute approximate surface area is 91.1 Å². The second-order valence-electron chi connectivity index (χ2n) is 4.19. The zero-order valence-corrected chi connectivity index (χ0v) is 9.11. The first-order valence-corrected chi connectivity index (χ1v) is 5.51. The van der Waals surface area contributed by atoms with Gasteiger partial charge in [-0.15, -0.1) is 0 Å². The number of likely N-dealkylation sites (tertiary alicyclic amines) is 1. The Morgan fingerprint density at radius 3 is 2.67 bits per heavy atom. The van der Waals surface area contributed by atoms with Crippen LogP contribution in [0.2, 0.25) is 0 Å². The molecule has 2 heteroatoms. The van der Waals surface area contributed by atoms with E-state index in [0.29, 0.717) is 0 Å². The number of hydrogen-bond donors (Lipinski definition) is 0. The molecule has 1 heterocycles. The van der Waals surface area contributed by atoms with Gasteiger partial charge in [0.1, 0.15) is 6.04 Å². The Bertz CT molecular complexity index is 372. The summed E-state index contributed by atoms with van der Waals surface area (Å²) in [5, 5.41) is 9.24. The molecule has 2 nitrogen and oxygen atoms in total. The monoisotopic (exact) mass is 200 g/mol. The van der Waals surface area contributed by atoms with Crippen LogP contribution in [0.15, 0.2) is 24.3 Å². The van der Waals surface area contributed by atoms with E-state index < -0.39 is 0 Å². The fraction of sp³-hybridized carbons (Fsp3) is 0.462. The minimum Gasteiger partial charge on any atom is -0.284 e. The van der Waals surface area contributed by atoms with E-state index in [0.717, 1.165) is 18.7 Å². The Balaban J connectivity index is 2.23. The van der Waals surface area contributed by atoms with Gasteiger partial charge < -0.3 is 0 Å². The van der Waals surface area contributed by atoms with Gasteiger partial charge in [-0.25, -0.2) is 0 Å². The van der Waals surface area contributed by atoms with Gasteiger partial charge in [-0.05, 0) is 38.4 Å². The van der Waals surface area contributed by atoms with Crippen molar-refractivity contribution >= 4 is 0 Å². The Hall–Kier alpha value is -1.33. The van der Waals surface area contributed by atoms with Crippen LogP contribution in [0.25, 0.3) is 0 Å². The molecule has 15 heavy (non-hydrogen) atoms. The van der Waals surface area contributed by atoms with Crippen molar-refractivity contribution in [2.45, 2.75) is 25.8 Å². The Morgan fingerprint density at radius 1 is 1.33 bits per heavy atom. The molecule has 2 rings (SSSR count). The molecule has 78 valence electrons. The third-order valence-electron chi connectivity index (χ3n) is 2.99. The first kappa shape index (κ1) is 10.2. The predicted octanol–water partition coefficient (Wildman–Crippen LogP) is 2.66. The van der Waals surface area contributed by atoms with Crippen LogP contribution in [0.3, 0.4) is 0 Å². The molecule has 1 aliphatic heterocycles. The lowest BCUT2D eigenvalue weighted by atomic mass is 10.0. The molecule has 0 amide bonds. The van der Waals surface area contributed by atoms with Crippen molar-refractivity contribution in [3.05, 3.63) is 35.4 Å². The second-order valence-corrected chi connectivity index (χ2v) is 4.19. The molecule has 0 N–H and O–H groups in total. The molecule has 0 aromatic heterocycles. The zero-order chi connectivity index (χ0) is 10.7. The maximum atomic E-state index is 9.24. The van der Waals surface area contributed by atoms with E-state index in [9.17, 15) is 5.26 Å². The van der Waals surface area contributed by atoms with Gasteiger partial charge in [0.05, 0.1) is 6.07 Å². The molecular weight excluding hydrogens is 184 g/mol. The van der Waals surface area contributed by atoms with E-state index in [1.807, 2.05) is 6.07 Å². The minimum absolute atomic E-state index is 0.0487. The molecule has 1 unspecified atom stereocenters. The molecular formula is C13H16N2. The maximum absolute atomic E-state index is 9.24. The van der Waals surface area contributed by atoms with Crippen LogP contribution in [-0.4, -0.2) is 18.0 Å². The third kappa shape index (κ3) is 2.19. The summed E-state index contributed by atoms with van der Waals surface area (Å²) >= 11 is 0. The van der Waals surface area contributed by atoms with Gasteiger partial charge >= 0.3 is 0 Å². The van der Waals surface area contributed by atoms with Gasteiger partial charge in [-0.2, -0.15) is 5.26 Å². The van der Waals surface area contributed by atoms with Crippen LogP contribution in [0.5, 0.6) is 0 Å². The summed E-state index contributed by atoms with van der Waals surface area (Å²) in [5.41, 5.74) is 2.37. The lowest BCUT2D eigenvalue weighted by Gasteiger charge is -2.21. The average molecular weight is 200 g/mol. The summed E-state index contributed by atoms with van der Waals surface area (Å²) in [4.78, 5) is 2.27. The summed E-state index contributed by atoms with van der Waals surface area (Å²) in [6.45, 7) is 4.19.